The van der Waals surface area contributed by atoms with Gasteiger partial charge >= 0.3 is 0 Å². The first-order valence-electron chi connectivity index (χ1n) is 7.86. The number of rotatable bonds is 5. The first-order valence-corrected chi connectivity index (χ1v) is 8.24. The molecule has 1 saturated heterocycles. The number of likely N-dealkylation sites (N-methyl/N-ethyl adjacent to an activating group) is 1. The summed E-state index contributed by atoms with van der Waals surface area (Å²) in [5.41, 5.74) is 0. The van der Waals surface area contributed by atoms with E-state index in [1.54, 1.807) is 35.9 Å². The molecule has 0 aliphatic carbocycles. The third-order valence-electron chi connectivity index (χ3n) is 4.16. The van der Waals surface area contributed by atoms with Crippen molar-refractivity contribution in [2.75, 3.05) is 33.3 Å². The van der Waals surface area contributed by atoms with Gasteiger partial charge in [-0.3, -0.25) is 9.59 Å². The minimum Gasteiger partial charge on any atom is -0.492 e. The van der Waals surface area contributed by atoms with Crippen LogP contribution < -0.4 is 4.74 Å². The molecule has 1 aliphatic heterocycles. The van der Waals surface area contributed by atoms with Gasteiger partial charge in [-0.2, -0.15) is 0 Å². The summed E-state index contributed by atoms with van der Waals surface area (Å²) < 4.78 is 5.61. The van der Waals surface area contributed by atoms with Crippen molar-refractivity contribution < 1.29 is 14.3 Å². The van der Waals surface area contributed by atoms with E-state index in [4.69, 9.17) is 16.3 Å². The zero-order valence-electron chi connectivity index (χ0n) is 13.6. The Hall–Kier alpha value is -1.75. The van der Waals surface area contributed by atoms with E-state index in [1.807, 2.05) is 12.1 Å². The van der Waals surface area contributed by atoms with Crippen molar-refractivity contribution in [3.8, 4) is 5.75 Å². The second-order valence-electron chi connectivity index (χ2n) is 5.85. The van der Waals surface area contributed by atoms with Crippen LogP contribution in [0, 0.1) is 5.92 Å². The molecule has 6 heteroatoms. The number of amides is 2. The molecule has 0 radical (unpaired) electrons. The first-order chi connectivity index (χ1) is 11.0. The summed E-state index contributed by atoms with van der Waals surface area (Å²) in [5, 5.41) is 0.629. The molecule has 0 atom stereocenters. The highest BCUT2D eigenvalue weighted by molar-refractivity contribution is 6.30. The van der Waals surface area contributed by atoms with E-state index in [1.165, 1.54) is 0 Å². The molecule has 0 aromatic heterocycles. The summed E-state index contributed by atoms with van der Waals surface area (Å²) in [6, 6.07) is 7.21. The van der Waals surface area contributed by atoms with Crippen molar-refractivity contribution in [3.05, 3.63) is 29.3 Å². The number of hydrogen-bond donors (Lipinski definition) is 0. The Morgan fingerprint density at radius 2 is 2.04 bits per heavy atom. The molecule has 2 rings (SSSR count). The van der Waals surface area contributed by atoms with Crippen LogP contribution in [0.1, 0.15) is 19.8 Å². The molecule has 5 nitrogen and oxygen atoms in total. The third kappa shape index (κ3) is 5.13. The van der Waals surface area contributed by atoms with Crippen LogP contribution in [0.5, 0.6) is 5.75 Å². The summed E-state index contributed by atoms with van der Waals surface area (Å²) in [6.07, 6.45) is 1.47. The molecule has 0 bridgehead atoms. The van der Waals surface area contributed by atoms with Gasteiger partial charge in [0.05, 0.1) is 6.54 Å². The van der Waals surface area contributed by atoms with Crippen molar-refractivity contribution in [1.82, 2.24) is 9.80 Å². The number of benzene rings is 1. The van der Waals surface area contributed by atoms with Crippen molar-refractivity contribution in [1.29, 1.82) is 0 Å². The molecule has 0 N–H and O–H groups in total. The summed E-state index contributed by atoms with van der Waals surface area (Å²) in [6.45, 7) is 3.85. The Labute approximate surface area is 142 Å². The monoisotopic (exact) mass is 338 g/mol. The normalized spacial score (nSPS) is 15.3. The lowest BCUT2D eigenvalue weighted by Gasteiger charge is -2.32. The van der Waals surface area contributed by atoms with Gasteiger partial charge in [-0.05, 0) is 31.0 Å². The molecule has 2 amide bonds. The van der Waals surface area contributed by atoms with Gasteiger partial charge in [-0.1, -0.05) is 17.7 Å². The number of nitrogens with zero attached hydrogens (tertiary/aromatic N) is 2. The van der Waals surface area contributed by atoms with Crippen LogP contribution in [-0.4, -0.2) is 54.9 Å². The predicted molar refractivity (Wildman–Crippen MR) is 89.6 cm³/mol. The van der Waals surface area contributed by atoms with Crippen molar-refractivity contribution in [2.24, 2.45) is 5.92 Å². The molecule has 0 unspecified atom stereocenters. The SMILES string of the molecule is CC(=O)N1CCC(C(=O)N(C)CCOc2cccc(Cl)c2)CC1. The van der Waals surface area contributed by atoms with E-state index in [0.717, 1.165) is 12.8 Å². The number of hydrogen-bond acceptors (Lipinski definition) is 3. The maximum Gasteiger partial charge on any atom is 0.225 e. The summed E-state index contributed by atoms with van der Waals surface area (Å²) in [4.78, 5) is 27.2. The topological polar surface area (TPSA) is 49.9 Å². The lowest BCUT2D eigenvalue weighted by molar-refractivity contribution is -0.139. The van der Waals surface area contributed by atoms with Gasteiger partial charge in [-0.25, -0.2) is 0 Å². The largest absolute Gasteiger partial charge is 0.492 e. The van der Waals surface area contributed by atoms with Gasteiger partial charge in [-0.15, -0.1) is 0 Å². The lowest BCUT2D eigenvalue weighted by atomic mass is 9.95. The van der Waals surface area contributed by atoms with E-state index in [0.29, 0.717) is 37.0 Å². The second kappa shape index (κ2) is 8.20. The van der Waals surface area contributed by atoms with Crippen LogP contribution in [0.3, 0.4) is 0 Å². The third-order valence-corrected chi connectivity index (χ3v) is 4.39. The van der Waals surface area contributed by atoms with Crippen LogP contribution >= 0.6 is 11.6 Å². The minimum atomic E-state index is 0.00164. The highest BCUT2D eigenvalue weighted by Crippen LogP contribution is 2.20. The van der Waals surface area contributed by atoms with E-state index >= 15 is 0 Å². The van der Waals surface area contributed by atoms with Crippen LogP contribution in [0.4, 0.5) is 0 Å². The average molecular weight is 339 g/mol. The second-order valence-corrected chi connectivity index (χ2v) is 6.28. The molecule has 1 fully saturated rings. The fourth-order valence-electron chi connectivity index (χ4n) is 2.72. The molecular formula is C17H23ClN2O3. The Bertz CT molecular complexity index is 557. The Morgan fingerprint density at radius 1 is 1.35 bits per heavy atom. The van der Waals surface area contributed by atoms with Gasteiger partial charge in [0.15, 0.2) is 0 Å². The van der Waals surface area contributed by atoms with E-state index in [-0.39, 0.29) is 17.7 Å². The summed E-state index contributed by atoms with van der Waals surface area (Å²) >= 11 is 5.90. The number of carbonyl (C=O) groups is 2. The molecule has 0 saturated carbocycles. The number of halogens is 1. The molecule has 0 spiro atoms. The smallest absolute Gasteiger partial charge is 0.225 e. The van der Waals surface area contributed by atoms with Crippen LogP contribution in [0.2, 0.25) is 5.02 Å². The highest BCUT2D eigenvalue weighted by atomic mass is 35.5. The van der Waals surface area contributed by atoms with Gasteiger partial charge in [0.25, 0.3) is 0 Å². The Kier molecular flexibility index (Phi) is 6.28. The molecule has 1 heterocycles. The molecule has 1 aromatic carbocycles. The number of likely N-dealkylation sites (tertiary alicyclic amines) is 1. The number of ether oxygens (including phenoxy) is 1. The fraction of sp³-hybridized carbons (Fsp3) is 0.529. The highest BCUT2D eigenvalue weighted by Gasteiger charge is 2.27. The average Bonchev–Trinajstić information content (AvgIpc) is 2.54. The minimum absolute atomic E-state index is 0.00164. The Morgan fingerprint density at radius 3 is 2.65 bits per heavy atom. The molecule has 126 valence electrons. The molecule has 1 aliphatic rings. The number of piperidine rings is 1. The molecule has 23 heavy (non-hydrogen) atoms. The van der Waals surface area contributed by atoms with Gasteiger partial charge < -0.3 is 14.5 Å². The predicted octanol–water partition coefficient (Wildman–Crippen LogP) is 2.44. The van der Waals surface area contributed by atoms with Gasteiger partial charge in [0.1, 0.15) is 12.4 Å². The quantitative estimate of drug-likeness (QED) is 0.828. The van der Waals surface area contributed by atoms with Gasteiger partial charge in [0.2, 0.25) is 11.8 Å². The first kappa shape index (κ1) is 17.6. The van der Waals surface area contributed by atoms with E-state index < -0.39 is 0 Å². The van der Waals surface area contributed by atoms with Crippen molar-refractivity contribution in [2.45, 2.75) is 19.8 Å². The number of carbonyl (C=O) groups excluding carboxylic acids is 2. The molecule has 1 aromatic rings. The zero-order chi connectivity index (χ0) is 16.8. The van der Waals surface area contributed by atoms with E-state index in [2.05, 4.69) is 0 Å². The maximum atomic E-state index is 12.4. The standard InChI is InChI=1S/C17H23ClN2O3/c1-13(21)20-8-6-14(7-9-20)17(22)19(2)10-11-23-16-5-3-4-15(18)12-16/h3-5,12,14H,6-11H2,1-2H3. The zero-order valence-corrected chi connectivity index (χ0v) is 14.4. The van der Waals surface area contributed by atoms with Crippen molar-refractivity contribution in [3.63, 3.8) is 0 Å². The van der Waals surface area contributed by atoms with Crippen LogP contribution in [0.25, 0.3) is 0 Å². The maximum absolute atomic E-state index is 12.4. The van der Waals surface area contributed by atoms with Crippen LogP contribution in [-0.2, 0) is 9.59 Å². The Balaban J connectivity index is 1.74. The van der Waals surface area contributed by atoms with Crippen LogP contribution in [0.15, 0.2) is 24.3 Å². The molecular weight excluding hydrogens is 316 g/mol. The fourth-order valence-corrected chi connectivity index (χ4v) is 2.90. The summed E-state index contributed by atoms with van der Waals surface area (Å²) in [5.74, 6) is 0.914. The lowest BCUT2D eigenvalue weighted by Crippen LogP contribution is -2.43. The van der Waals surface area contributed by atoms with E-state index in [9.17, 15) is 9.59 Å². The summed E-state index contributed by atoms with van der Waals surface area (Å²) in [7, 11) is 1.79. The van der Waals surface area contributed by atoms with Gasteiger partial charge in [0, 0.05) is 38.0 Å². The van der Waals surface area contributed by atoms with Crippen molar-refractivity contribution >= 4 is 23.4 Å².